The van der Waals surface area contributed by atoms with E-state index in [0.717, 1.165) is 24.2 Å². The van der Waals surface area contributed by atoms with Crippen molar-refractivity contribution in [1.29, 1.82) is 0 Å². The summed E-state index contributed by atoms with van der Waals surface area (Å²) in [6, 6.07) is -1.03. The van der Waals surface area contributed by atoms with E-state index in [1.165, 1.54) is 5.32 Å². The minimum Gasteiger partial charge on any atom is -0.480 e. The number of aliphatic carboxylic acids is 1. The first-order valence-electron chi connectivity index (χ1n) is 6.52. The topological polar surface area (TPSA) is 86.7 Å². The molecular weight excluding hydrogens is 293 g/mol. The van der Waals surface area contributed by atoms with Crippen LogP contribution in [0.2, 0.25) is 0 Å². The first-order chi connectivity index (χ1) is 9.65. The average molecular weight is 308 g/mol. The molecule has 2 N–H and O–H groups in total. The van der Waals surface area contributed by atoms with Gasteiger partial charge in [-0.15, -0.1) is 0 Å². The quantitative estimate of drug-likeness (QED) is 0.796. The summed E-state index contributed by atoms with van der Waals surface area (Å²) in [5, 5.41) is 10.6. The molecule has 0 bridgehead atoms. The summed E-state index contributed by atoms with van der Waals surface area (Å²) in [4.78, 5) is 34.8. The molecule has 1 saturated carbocycles. The summed E-state index contributed by atoms with van der Waals surface area (Å²) in [6.45, 7) is -0.622. The van der Waals surface area contributed by atoms with Crippen molar-refractivity contribution in [2.75, 3.05) is 13.1 Å². The van der Waals surface area contributed by atoms with Crippen LogP contribution in [0.25, 0.3) is 0 Å². The van der Waals surface area contributed by atoms with E-state index < -0.39 is 36.5 Å². The summed E-state index contributed by atoms with van der Waals surface area (Å²) in [6.07, 6.45) is -2.15. The summed E-state index contributed by atoms with van der Waals surface area (Å²) < 4.78 is 36.1. The lowest BCUT2D eigenvalue weighted by Gasteiger charge is -2.37. The van der Waals surface area contributed by atoms with E-state index in [2.05, 4.69) is 0 Å². The number of hydrogen-bond acceptors (Lipinski definition) is 3. The molecule has 2 rings (SSSR count). The molecular formula is C12H15F3N2O4. The Bertz CT molecular complexity index is 474. The number of carbonyl (C=O) groups excluding carboxylic acids is 2. The Kier molecular flexibility index (Phi) is 3.85. The number of amides is 2. The van der Waals surface area contributed by atoms with E-state index in [4.69, 9.17) is 5.11 Å². The second-order valence-electron chi connectivity index (χ2n) is 5.61. The van der Waals surface area contributed by atoms with Gasteiger partial charge in [0.2, 0.25) is 5.91 Å². The monoisotopic (exact) mass is 308 g/mol. The molecule has 0 aromatic heterocycles. The number of nitrogens with zero attached hydrogens (tertiary/aromatic N) is 1. The summed E-state index contributed by atoms with van der Waals surface area (Å²) in [7, 11) is 0. The molecule has 1 unspecified atom stereocenters. The summed E-state index contributed by atoms with van der Waals surface area (Å²) >= 11 is 0. The zero-order valence-electron chi connectivity index (χ0n) is 11.1. The predicted octanol–water partition coefficient (Wildman–Crippen LogP) is 0.521. The number of carbonyl (C=O) groups is 3. The molecule has 1 saturated heterocycles. The van der Waals surface area contributed by atoms with Gasteiger partial charge in [-0.3, -0.25) is 9.59 Å². The van der Waals surface area contributed by atoms with Crippen molar-refractivity contribution in [2.45, 2.75) is 37.9 Å². The van der Waals surface area contributed by atoms with Crippen molar-refractivity contribution in [3.05, 3.63) is 0 Å². The first kappa shape index (κ1) is 15.6. The molecule has 1 aliphatic carbocycles. The van der Waals surface area contributed by atoms with Gasteiger partial charge in [0.1, 0.15) is 6.04 Å². The standard InChI is InChI=1S/C12H15F3N2O4/c13-12(14,15)10(21)16-5-8(18)17-6-11(2-1-3-11)4-7(17)9(19)20/h7H,1-6H2,(H,16,21)(H,19,20). The van der Waals surface area contributed by atoms with Gasteiger partial charge in [-0.2, -0.15) is 13.2 Å². The number of hydrogen-bond donors (Lipinski definition) is 2. The number of nitrogens with one attached hydrogen (secondary N) is 1. The van der Waals surface area contributed by atoms with Gasteiger partial charge >= 0.3 is 18.1 Å². The number of rotatable bonds is 3. The second-order valence-corrected chi connectivity index (χ2v) is 5.61. The highest BCUT2D eigenvalue weighted by Crippen LogP contribution is 2.50. The Hall–Kier alpha value is -1.80. The average Bonchev–Trinajstić information content (AvgIpc) is 2.75. The molecule has 1 aliphatic heterocycles. The number of halogens is 3. The molecule has 1 heterocycles. The van der Waals surface area contributed by atoms with E-state index in [1.807, 2.05) is 0 Å². The van der Waals surface area contributed by atoms with Gasteiger partial charge in [-0.25, -0.2) is 4.79 Å². The van der Waals surface area contributed by atoms with E-state index >= 15 is 0 Å². The van der Waals surface area contributed by atoms with Gasteiger partial charge in [0.05, 0.1) is 6.54 Å². The molecule has 9 heteroatoms. The molecule has 0 radical (unpaired) electrons. The van der Waals surface area contributed by atoms with Crippen LogP contribution in [-0.4, -0.2) is 53.1 Å². The van der Waals surface area contributed by atoms with Crippen molar-refractivity contribution >= 4 is 17.8 Å². The van der Waals surface area contributed by atoms with Crippen LogP contribution in [0.1, 0.15) is 25.7 Å². The van der Waals surface area contributed by atoms with Crippen LogP contribution in [0.3, 0.4) is 0 Å². The van der Waals surface area contributed by atoms with Gasteiger partial charge in [-0.1, -0.05) is 6.42 Å². The fourth-order valence-corrected chi connectivity index (χ4v) is 2.94. The number of carboxylic acid groups (broad SMARTS) is 1. The number of carboxylic acids is 1. The highest BCUT2D eigenvalue weighted by molar-refractivity contribution is 5.90. The zero-order valence-corrected chi connectivity index (χ0v) is 11.1. The van der Waals surface area contributed by atoms with Gasteiger partial charge in [0.25, 0.3) is 0 Å². The molecule has 0 aromatic rings. The van der Waals surface area contributed by atoms with Crippen molar-refractivity contribution in [3.63, 3.8) is 0 Å². The lowest BCUT2D eigenvalue weighted by Crippen LogP contribution is -2.48. The van der Waals surface area contributed by atoms with Crippen molar-refractivity contribution in [3.8, 4) is 0 Å². The molecule has 21 heavy (non-hydrogen) atoms. The van der Waals surface area contributed by atoms with Crippen LogP contribution in [0.5, 0.6) is 0 Å². The molecule has 2 amide bonds. The molecule has 2 aliphatic rings. The predicted molar refractivity (Wildman–Crippen MR) is 63.1 cm³/mol. The Balaban J connectivity index is 1.97. The van der Waals surface area contributed by atoms with Crippen LogP contribution >= 0.6 is 0 Å². The van der Waals surface area contributed by atoms with Crippen LogP contribution in [-0.2, 0) is 14.4 Å². The zero-order chi connectivity index (χ0) is 15.8. The molecule has 2 fully saturated rings. The Morgan fingerprint density at radius 1 is 1.29 bits per heavy atom. The van der Waals surface area contributed by atoms with Gasteiger partial charge in [-0.05, 0) is 24.7 Å². The molecule has 0 aromatic carbocycles. The molecule has 1 spiro atoms. The van der Waals surface area contributed by atoms with Crippen LogP contribution < -0.4 is 5.32 Å². The molecule has 1 atom stereocenters. The maximum atomic E-state index is 12.0. The van der Waals surface area contributed by atoms with E-state index in [1.54, 1.807) is 0 Å². The van der Waals surface area contributed by atoms with Crippen molar-refractivity contribution < 1.29 is 32.7 Å². The first-order valence-corrected chi connectivity index (χ1v) is 6.52. The van der Waals surface area contributed by atoms with E-state index in [0.29, 0.717) is 6.42 Å². The third-order valence-corrected chi connectivity index (χ3v) is 4.19. The Morgan fingerprint density at radius 3 is 2.33 bits per heavy atom. The third-order valence-electron chi connectivity index (χ3n) is 4.19. The summed E-state index contributed by atoms with van der Waals surface area (Å²) in [5.41, 5.74) is -0.216. The fraction of sp³-hybridized carbons (Fsp3) is 0.750. The molecule has 6 nitrogen and oxygen atoms in total. The lowest BCUT2D eigenvalue weighted by atomic mass is 9.67. The van der Waals surface area contributed by atoms with Crippen molar-refractivity contribution in [1.82, 2.24) is 10.2 Å². The van der Waals surface area contributed by atoms with Crippen LogP contribution in [0.4, 0.5) is 13.2 Å². The largest absolute Gasteiger partial charge is 0.480 e. The lowest BCUT2D eigenvalue weighted by molar-refractivity contribution is -0.174. The van der Waals surface area contributed by atoms with E-state index in [9.17, 15) is 27.6 Å². The highest BCUT2D eigenvalue weighted by atomic mass is 19.4. The Labute approximate surface area is 118 Å². The normalized spacial score (nSPS) is 23.8. The van der Waals surface area contributed by atoms with Gasteiger partial charge < -0.3 is 15.3 Å². The Morgan fingerprint density at radius 2 is 1.90 bits per heavy atom. The number of likely N-dealkylation sites (tertiary alicyclic amines) is 1. The minimum absolute atomic E-state index is 0.216. The molecule has 118 valence electrons. The van der Waals surface area contributed by atoms with Crippen molar-refractivity contribution in [2.24, 2.45) is 5.41 Å². The number of alkyl halides is 3. The minimum atomic E-state index is -5.06. The third kappa shape index (κ3) is 3.11. The van der Waals surface area contributed by atoms with Crippen LogP contribution in [0.15, 0.2) is 0 Å². The maximum Gasteiger partial charge on any atom is 0.471 e. The van der Waals surface area contributed by atoms with Gasteiger partial charge in [0.15, 0.2) is 0 Å². The van der Waals surface area contributed by atoms with E-state index in [-0.39, 0.29) is 12.0 Å². The second kappa shape index (κ2) is 5.19. The fourth-order valence-electron chi connectivity index (χ4n) is 2.94. The van der Waals surface area contributed by atoms with Gasteiger partial charge in [0, 0.05) is 6.54 Å². The maximum absolute atomic E-state index is 12.0. The highest BCUT2D eigenvalue weighted by Gasteiger charge is 2.51. The summed E-state index contributed by atoms with van der Waals surface area (Å²) in [5.74, 6) is -4.18. The van der Waals surface area contributed by atoms with Crippen LogP contribution in [0, 0.1) is 5.41 Å². The SMILES string of the molecule is O=C(O)C1CC2(CCC2)CN1C(=O)CNC(=O)C(F)(F)F. The smallest absolute Gasteiger partial charge is 0.471 e.